The fraction of sp³-hybridized carbons (Fsp3) is 0.342. The maximum atomic E-state index is 13.4. The lowest BCUT2D eigenvalue weighted by Gasteiger charge is -2.24. The van der Waals surface area contributed by atoms with Crippen molar-refractivity contribution in [3.63, 3.8) is 0 Å². The van der Waals surface area contributed by atoms with E-state index < -0.39 is 5.41 Å². The molecule has 1 amide bonds. The van der Waals surface area contributed by atoms with Crippen molar-refractivity contribution in [1.82, 2.24) is 34.7 Å². The Kier molecular flexibility index (Phi) is 10.7. The van der Waals surface area contributed by atoms with Crippen LogP contribution in [0.25, 0.3) is 39.0 Å². The number of nitrogens with zero attached hydrogens (tertiary/aromatic N) is 5. The summed E-state index contributed by atoms with van der Waals surface area (Å²) in [5, 5.41) is 11.8. The molecule has 0 radical (unpaired) electrons. The molecule has 1 saturated heterocycles. The summed E-state index contributed by atoms with van der Waals surface area (Å²) < 4.78 is 13.6. The number of amides is 1. The van der Waals surface area contributed by atoms with Crippen molar-refractivity contribution >= 4 is 40.6 Å². The fourth-order valence-electron chi connectivity index (χ4n) is 6.44. The van der Waals surface area contributed by atoms with Crippen LogP contribution in [0.5, 0.6) is 5.88 Å². The van der Waals surface area contributed by atoms with Crippen molar-refractivity contribution in [1.29, 1.82) is 0 Å². The van der Waals surface area contributed by atoms with E-state index in [9.17, 15) is 14.4 Å². The molecular weight excluding hydrogens is 705 g/mol. The summed E-state index contributed by atoms with van der Waals surface area (Å²) in [6, 6.07) is 17.0. The van der Waals surface area contributed by atoms with Crippen molar-refractivity contribution in [2.75, 3.05) is 27.8 Å². The number of fused-ring (bicyclic) bond motifs is 1. The molecule has 2 aromatic carbocycles. The molecule has 1 atom stereocenters. The number of ether oxygens (including phenoxy) is 2. The predicted octanol–water partition coefficient (Wildman–Crippen LogP) is 5.70. The van der Waals surface area contributed by atoms with E-state index in [0.29, 0.717) is 80.3 Å². The molecule has 6 rings (SSSR count). The largest absolute Gasteiger partial charge is 0.481 e. The summed E-state index contributed by atoms with van der Waals surface area (Å²) in [4.78, 5) is 44.1. The van der Waals surface area contributed by atoms with Crippen molar-refractivity contribution in [2.45, 2.75) is 45.9 Å². The van der Waals surface area contributed by atoms with Gasteiger partial charge in [-0.15, -0.1) is 0 Å². The number of halogens is 2. The van der Waals surface area contributed by atoms with Gasteiger partial charge in [0.05, 0.1) is 48.1 Å². The minimum atomic E-state index is -0.745. The van der Waals surface area contributed by atoms with Crippen LogP contribution >= 0.6 is 23.2 Å². The van der Waals surface area contributed by atoms with Gasteiger partial charge in [-0.2, -0.15) is 5.10 Å². The molecule has 0 aliphatic carbocycles. The Morgan fingerprint density at radius 3 is 2.37 bits per heavy atom. The molecule has 2 N–H and O–H groups in total. The number of hydrogen-bond donors (Lipinski definition) is 2. The smallest absolute Gasteiger partial charge is 0.312 e. The molecule has 3 aromatic heterocycles. The second-order valence-electron chi connectivity index (χ2n) is 13.6. The molecule has 52 heavy (non-hydrogen) atoms. The molecular formula is C38H41Cl2N7O5. The highest BCUT2D eigenvalue weighted by atomic mass is 35.5. The topological polar surface area (TPSA) is 132 Å². The SMILES string of the molecule is COC(=O)C(C)(C)CNCc1nn2cc(-c3cccc(-c4cccc(-c5ccc(CN(C)[C@H]6CCC(=O)N6)c(OC)n5)c4Cl)c3Cl)cc2c(=O)n1C. The highest BCUT2D eigenvalue weighted by Crippen LogP contribution is 2.42. The Morgan fingerprint density at radius 2 is 1.71 bits per heavy atom. The number of benzene rings is 2. The van der Waals surface area contributed by atoms with Crippen LogP contribution in [0.4, 0.5) is 0 Å². The van der Waals surface area contributed by atoms with Crippen LogP contribution in [0.1, 0.15) is 38.1 Å². The first-order chi connectivity index (χ1) is 24.8. The Labute approximate surface area is 311 Å². The minimum Gasteiger partial charge on any atom is -0.481 e. The summed E-state index contributed by atoms with van der Waals surface area (Å²) in [5.74, 6) is 0.693. The fourth-order valence-corrected chi connectivity index (χ4v) is 7.10. The van der Waals surface area contributed by atoms with Gasteiger partial charge in [-0.05, 0) is 39.4 Å². The van der Waals surface area contributed by atoms with Crippen LogP contribution in [0.3, 0.4) is 0 Å². The molecule has 5 aromatic rings. The van der Waals surface area contributed by atoms with Crippen molar-refractivity contribution < 1.29 is 19.1 Å². The van der Waals surface area contributed by atoms with Gasteiger partial charge in [0.2, 0.25) is 11.8 Å². The Morgan fingerprint density at radius 1 is 1.04 bits per heavy atom. The minimum absolute atomic E-state index is 0.0338. The van der Waals surface area contributed by atoms with Crippen LogP contribution < -0.4 is 20.9 Å². The second kappa shape index (κ2) is 15.1. The number of pyridine rings is 1. The summed E-state index contributed by atoms with van der Waals surface area (Å²) in [6.45, 7) is 4.72. The van der Waals surface area contributed by atoms with Gasteiger partial charge in [-0.3, -0.25) is 23.9 Å². The van der Waals surface area contributed by atoms with Crippen molar-refractivity contribution in [2.24, 2.45) is 12.5 Å². The molecule has 0 unspecified atom stereocenters. The number of esters is 1. The first-order valence-corrected chi connectivity index (χ1v) is 17.6. The number of methoxy groups -OCH3 is 2. The molecule has 0 spiro atoms. The third-order valence-corrected chi connectivity index (χ3v) is 10.3. The summed E-state index contributed by atoms with van der Waals surface area (Å²) >= 11 is 14.2. The van der Waals surface area contributed by atoms with Crippen molar-refractivity contribution in [3.8, 4) is 39.4 Å². The van der Waals surface area contributed by atoms with Crippen LogP contribution in [0.2, 0.25) is 10.0 Å². The van der Waals surface area contributed by atoms with E-state index in [1.54, 1.807) is 44.8 Å². The van der Waals surface area contributed by atoms with E-state index in [1.807, 2.05) is 55.6 Å². The van der Waals surface area contributed by atoms with Gasteiger partial charge in [-0.25, -0.2) is 9.50 Å². The van der Waals surface area contributed by atoms with Gasteiger partial charge in [0.25, 0.3) is 5.56 Å². The van der Waals surface area contributed by atoms with E-state index in [-0.39, 0.29) is 30.1 Å². The lowest BCUT2D eigenvalue weighted by Crippen LogP contribution is -2.40. The van der Waals surface area contributed by atoms with Crippen LogP contribution in [0, 0.1) is 5.41 Å². The zero-order chi connectivity index (χ0) is 37.3. The first-order valence-electron chi connectivity index (χ1n) is 16.8. The Bertz CT molecular complexity index is 2230. The number of nitrogens with one attached hydrogen (secondary N) is 2. The molecule has 1 fully saturated rings. The van der Waals surface area contributed by atoms with Gasteiger partial charge in [0, 0.05) is 66.1 Å². The van der Waals surface area contributed by atoms with E-state index in [4.69, 9.17) is 42.8 Å². The quantitative estimate of drug-likeness (QED) is 0.154. The maximum Gasteiger partial charge on any atom is 0.312 e. The third kappa shape index (κ3) is 7.29. The van der Waals surface area contributed by atoms with Crippen LogP contribution in [-0.4, -0.2) is 69.9 Å². The Balaban J connectivity index is 1.28. The highest BCUT2D eigenvalue weighted by molar-refractivity contribution is 6.39. The molecule has 12 nitrogen and oxygen atoms in total. The van der Waals surface area contributed by atoms with Gasteiger partial charge >= 0.3 is 5.97 Å². The van der Waals surface area contributed by atoms with E-state index in [2.05, 4.69) is 15.5 Å². The predicted molar refractivity (Wildman–Crippen MR) is 201 cm³/mol. The lowest BCUT2D eigenvalue weighted by molar-refractivity contribution is -0.150. The van der Waals surface area contributed by atoms with Gasteiger partial charge < -0.3 is 20.1 Å². The molecule has 1 aliphatic heterocycles. The van der Waals surface area contributed by atoms with E-state index in [1.165, 1.54) is 11.7 Å². The number of aromatic nitrogens is 4. The number of hydrogen-bond acceptors (Lipinski definition) is 9. The lowest BCUT2D eigenvalue weighted by atomic mass is 9.94. The summed E-state index contributed by atoms with van der Waals surface area (Å²) in [7, 11) is 6.57. The molecule has 272 valence electrons. The highest BCUT2D eigenvalue weighted by Gasteiger charge is 2.29. The van der Waals surface area contributed by atoms with E-state index >= 15 is 0 Å². The Hall–Kier alpha value is -4.75. The number of rotatable bonds is 12. The number of carbonyl (C=O) groups is 2. The van der Waals surface area contributed by atoms with Gasteiger partial charge in [0.15, 0.2) is 0 Å². The normalized spacial score (nSPS) is 14.6. The monoisotopic (exact) mass is 745 g/mol. The summed E-state index contributed by atoms with van der Waals surface area (Å²) in [6.07, 6.45) is 3.01. The third-order valence-electron chi connectivity index (χ3n) is 9.45. The maximum absolute atomic E-state index is 13.4. The van der Waals surface area contributed by atoms with E-state index in [0.717, 1.165) is 12.0 Å². The molecule has 14 heteroatoms. The van der Waals surface area contributed by atoms with Gasteiger partial charge in [0.1, 0.15) is 11.3 Å². The van der Waals surface area contributed by atoms with Crippen LogP contribution in [0.15, 0.2) is 65.6 Å². The average Bonchev–Trinajstić information content (AvgIpc) is 3.77. The standard InChI is InChI=1S/C38H41Cl2N7O5/c1-38(2,37(50)52-6)21-41-18-31-44-47-20-23(17-29(47)36(49)46(31)4)24-9-7-10-25(33(24)39)26-11-8-12-27(34(26)40)28-14-13-22(35(42-28)51-5)19-45(3)30-15-16-32(48)43-30/h7-14,17,20,30,41H,15-16,18-19,21H2,1-6H3,(H,43,48)/t30-/m0/s1. The van der Waals surface area contributed by atoms with Gasteiger partial charge in [-0.1, -0.05) is 65.7 Å². The zero-order valence-electron chi connectivity index (χ0n) is 29.9. The number of carbonyl (C=O) groups excluding carboxylic acids is 2. The molecule has 1 aliphatic rings. The molecule has 4 heterocycles. The van der Waals surface area contributed by atoms with Crippen LogP contribution in [-0.2, 0) is 34.5 Å². The molecule has 0 saturated carbocycles. The second-order valence-corrected chi connectivity index (χ2v) is 14.3. The molecule has 0 bridgehead atoms. The average molecular weight is 747 g/mol. The zero-order valence-corrected chi connectivity index (χ0v) is 31.4. The summed E-state index contributed by atoms with van der Waals surface area (Å²) in [5.41, 5.74) is 4.50. The first kappa shape index (κ1) is 37.0. The van der Waals surface area contributed by atoms with Crippen molar-refractivity contribution in [3.05, 3.63) is 92.6 Å².